The quantitative estimate of drug-likeness (QED) is 0.647. The lowest BCUT2D eigenvalue weighted by atomic mass is 10.3. The molecule has 22 heavy (non-hydrogen) atoms. The van der Waals surface area contributed by atoms with Gasteiger partial charge in [0, 0.05) is 10.8 Å². The highest BCUT2D eigenvalue weighted by Gasteiger charge is 2.15. The van der Waals surface area contributed by atoms with Crippen molar-refractivity contribution in [2.24, 2.45) is 0 Å². The van der Waals surface area contributed by atoms with Gasteiger partial charge in [0.15, 0.2) is 15.4 Å². The van der Waals surface area contributed by atoms with Crippen LogP contribution >= 0.6 is 23.4 Å². The lowest BCUT2D eigenvalue weighted by Crippen LogP contribution is -2.08. The molecule has 2 aromatic carbocycles. The molecule has 0 fully saturated rings. The molecule has 3 aromatic rings. The number of hydrogen-bond donors (Lipinski definition) is 0. The maximum atomic E-state index is 12.2. The van der Waals surface area contributed by atoms with Gasteiger partial charge in [0.05, 0.1) is 10.6 Å². The first-order valence-electron chi connectivity index (χ1n) is 6.51. The predicted octanol–water partition coefficient (Wildman–Crippen LogP) is 4.05. The number of oxazole rings is 1. The third-order valence-electron chi connectivity index (χ3n) is 3.02. The molecular weight excluding hydrogens is 342 g/mol. The maximum absolute atomic E-state index is 12.2. The van der Waals surface area contributed by atoms with Crippen LogP contribution in [0.15, 0.2) is 63.1 Å². The average molecular weight is 354 g/mol. The summed E-state index contributed by atoms with van der Waals surface area (Å²) >= 11 is 7.05. The molecule has 1 heterocycles. The number of thioether (sulfide) groups is 1. The van der Waals surface area contributed by atoms with Gasteiger partial charge in [-0.25, -0.2) is 13.4 Å². The molecule has 0 aliphatic heterocycles. The molecule has 0 saturated heterocycles. The van der Waals surface area contributed by atoms with Crippen molar-refractivity contribution in [1.82, 2.24) is 4.98 Å². The number of sulfone groups is 1. The highest BCUT2D eigenvalue weighted by atomic mass is 35.5. The van der Waals surface area contributed by atoms with Crippen LogP contribution in [0.4, 0.5) is 0 Å². The van der Waals surface area contributed by atoms with Gasteiger partial charge in [-0.1, -0.05) is 35.5 Å². The number of fused-ring (bicyclic) bond motifs is 1. The fourth-order valence-electron chi connectivity index (χ4n) is 1.91. The number of halogens is 1. The van der Waals surface area contributed by atoms with Crippen molar-refractivity contribution in [2.45, 2.75) is 10.1 Å². The summed E-state index contributed by atoms with van der Waals surface area (Å²) in [7, 11) is -3.33. The van der Waals surface area contributed by atoms with Crippen LogP contribution in [0.5, 0.6) is 0 Å². The van der Waals surface area contributed by atoms with E-state index in [1.807, 2.05) is 24.3 Å². The van der Waals surface area contributed by atoms with E-state index in [4.69, 9.17) is 16.0 Å². The van der Waals surface area contributed by atoms with Crippen molar-refractivity contribution in [3.63, 3.8) is 0 Å². The number of aromatic nitrogens is 1. The zero-order chi connectivity index (χ0) is 15.6. The Hall–Kier alpha value is -1.50. The average Bonchev–Trinajstić information content (AvgIpc) is 2.90. The Morgan fingerprint density at radius 1 is 1.09 bits per heavy atom. The summed E-state index contributed by atoms with van der Waals surface area (Å²) in [6.07, 6.45) is 0. The van der Waals surface area contributed by atoms with E-state index in [9.17, 15) is 8.42 Å². The number of para-hydroxylation sites is 2. The van der Waals surface area contributed by atoms with Gasteiger partial charge in [-0.2, -0.15) is 0 Å². The van der Waals surface area contributed by atoms with Gasteiger partial charge in [0.25, 0.3) is 5.22 Å². The molecule has 0 saturated carbocycles. The summed E-state index contributed by atoms with van der Waals surface area (Å²) in [5, 5.41) is 0.993. The smallest absolute Gasteiger partial charge is 0.256 e. The molecule has 7 heteroatoms. The standard InChI is InChI=1S/C15H12ClNO3S2/c16-11-5-7-12(8-6-11)22(18,19)10-9-21-15-17-13-3-1-2-4-14(13)20-15/h1-8H,9-10H2. The van der Waals surface area contributed by atoms with E-state index in [1.54, 1.807) is 12.1 Å². The summed E-state index contributed by atoms with van der Waals surface area (Å²) in [4.78, 5) is 4.57. The second-order valence-corrected chi connectivity index (χ2v) is 8.16. The Morgan fingerprint density at radius 3 is 2.55 bits per heavy atom. The summed E-state index contributed by atoms with van der Waals surface area (Å²) in [6.45, 7) is 0. The number of hydrogen-bond acceptors (Lipinski definition) is 5. The van der Waals surface area contributed by atoms with Crippen LogP contribution in [0.3, 0.4) is 0 Å². The Labute approximate surface area is 137 Å². The number of benzene rings is 2. The lowest BCUT2D eigenvalue weighted by Gasteiger charge is -2.03. The predicted molar refractivity (Wildman–Crippen MR) is 88.2 cm³/mol. The van der Waals surface area contributed by atoms with Crippen LogP contribution in [-0.2, 0) is 9.84 Å². The Balaban J connectivity index is 1.65. The first-order valence-corrected chi connectivity index (χ1v) is 9.53. The van der Waals surface area contributed by atoms with E-state index in [-0.39, 0.29) is 10.6 Å². The van der Waals surface area contributed by atoms with Crippen LogP contribution in [0.2, 0.25) is 5.02 Å². The highest BCUT2D eigenvalue weighted by molar-refractivity contribution is 8.00. The number of rotatable bonds is 5. The van der Waals surface area contributed by atoms with Crippen LogP contribution in [-0.4, -0.2) is 24.9 Å². The van der Waals surface area contributed by atoms with Gasteiger partial charge in [-0.05, 0) is 36.4 Å². The maximum Gasteiger partial charge on any atom is 0.256 e. The Morgan fingerprint density at radius 2 is 1.82 bits per heavy atom. The first kappa shape index (κ1) is 15.4. The molecule has 114 valence electrons. The zero-order valence-electron chi connectivity index (χ0n) is 11.4. The fourth-order valence-corrected chi connectivity index (χ4v) is 4.52. The molecule has 4 nitrogen and oxygen atoms in total. The fraction of sp³-hybridized carbons (Fsp3) is 0.133. The van der Waals surface area contributed by atoms with E-state index in [0.29, 0.717) is 21.6 Å². The van der Waals surface area contributed by atoms with Gasteiger partial charge in [-0.15, -0.1) is 0 Å². The van der Waals surface area contributed by atoms with E-state index >= 15 is 0 Å². The normalized spacial score (nSPS) is 11.9. The summed E-state index contributed by atoms with van der Waals surface area (Å²) < 4.78 is 29.9. The minimum Gasteiger partial charge on any atom is -0.431 e. The molecule has 0 radical (unpaired) electrons. The summed E-state index contributed by atoms with van der Waals surface area (Å²) in [5.74, 6) is 0.385. The molecule has 1 aromatic heterocycles. The second-order valence-electron chi connectivity index (χ2n) is 4.57. The summed E-state index contributed by atoms with van der Waals surface area (Å²) in [5.41, 5.74) is 1.47. The van der Waals surface area contributed by atoms with Crippen LogP contribution < -0.4 is 0 Å². The third-order valence-corrected chi connectivity index (χ3v) is 6.10. The Kier molecular flexibility index (Phi) is 4.42. The molecule has 0 atom stereocenters. The monoisotopic (exact) mass is 353 g/mol. The SMILES string of the molecule is O=S(=O)(CCSc1nc2ccccc2o1)c1ccc(Cl)cc1. The lowest BCUT2D eigenvalue weighted by molar-refractivity contribution is 0.489. The zero-order valence-corrected chi connectivity index (χ0v) is 13.8. The molecule has 0 aliphatic carbocycles. The molecule has 0 bridgehead atoms. The van der Waals surface area contributed by atoms with Gasteiger partial charge in [0.2, 0.25) is 0 Å². The van der Waals surface area contributed by atoms with E-state index in [2.05, 4.69) is 4.98 Å². The van der Waals surface area contributed by atoms with Crippen LogP contribution in [0.1, 0.15) is 0 Å². The van der Waals surface area contributed by atoms with Crippen molar-refractivity contribution in [1.29, 1.82) is 0 Å². The molecule has 0 N–H and O–H groups in total. The van der Waals surface area contributed by atoms with Crippen molar-refractivity contribution < 1.29 is 12.8 Å². The molecular formula is C15H12ClNO3S2. The van der Waals surface area contributed by atoms with Gasteiger partial charge in [-0.3, -0.25) is 0 Å². The van der Waals surface area contributed by atoms with Crippen LogP contribution in [0, 0.1) is 0 Å². The van der Waals surface area contributed by atoms with Gasteiger partial charge >= 0.3 is 0 Å². The van der Waals surface area contributed by atoms with Gasteiger partial charge in [0.1, 0.15) is 5.52 Å². The highest BCUT2D eigenvalue weighted by Crippen LogP contribution is 2.24. The number of nitrogens with zero attached hydrogens (tertiary/aromatic N) is 1. The second kappa shape index (κ2) is 6.32. The summed E-state index contributed by atoms with van der Waals surface area (Å²) in [6, 6.07) is 13.6. The van der Waals surface area contributed by atoms with Crippen molar-refractivity contribution in [2.75, 3.05) is 11.5 Å². The molecule has 0 amide bonds. The van der Waals surface area contributed by atoms with Crippen molar-refractivity contribution in [3.8, 4) is 0 Å². The van der Waals surface area contributed by atoms with Crippen LogP contribution in [0.25, 0.3) is 11.1 Å². The molecule has 0 spiro atoms. The Bertz CT molecular complexity index is 856. The molecule has 3 rings (SSSR count). The third kappa shape index (κ3) is 3.45. The molecule has 0 unspecified atom stereocenters. The molecule has 0 aliphatic rings. The van der Waals surface area contributed by atoms with Crippen molar-refractivity contribution >= 4 is 44.3 Å². The van der Waals surface area contributed by atoms with E-state index in [0.717, 1.165) is 5.52 Å². The van der Waals surface area contributed by atoms with Gasteiger partial charge < -0.3 is 4.42 Å². The van der Waals surface area contributed by atoms with E-state index in [1.165, 1.54) is 23.9 Å². The largest absolute Gasteiger partial charge is 0.431 e. The van der Waals surface area contributed by atoms with Crippen molar-refractivity contribution in [3.05, 3.63) is 53.6 Å². The minimum absolute atomic E-state index is 0.0119. The topological polar surface area (TPSA) is 60.2 Å². The first-order chi connectivity index (χ1) is 10.5. The minimum atomic E-state index is -3.33. The van der Waals surface area contributed by atoms with E-state index < -0.39 is 9.84 Å².